The first kappa shape index (κ1) is 21.3. The maximum absolute atomic E-state index is 13.1. The fraction of sp³-hybridized carbons (Fsp3) is 0.261. The quantitative estimate of drug-likeness (QED) is 0.548. The van der Waals surface area contributed by atoms with Crippen molar-refractivity contribution in [2.75, 3.05) is 12.9 Å². The summed E-state index contributed by atoms with van der Waals surface area (Å²) in [6.45, 7) is 0.490. The molecule has 0 aliphatic carbocycles. The van der Waals surface area contributed by atoms with Crippen molar-refractivity contribution in [3.05, 3.63) is 89.2 Å². The summed E-state index contributed by atoms with van der Waals surface area (Å²) in [6.07, 6.45) is 0.486. The van der Waals surface area contributed by atoms with Gasteiger partial charge in [-0.25, -0.2) is 13.6 Å². The van der Waals surface area contributed by atoms with E-state index in [1.807, 2.05) is 4.57 Å². The van der Waals surface area contributed by atoms with Crippen LogP contribution in [-0.4, -0.2) is 36.7 Å². The number of nitrogens with zero attached hydrogens (tertiary/aromatic N) is 1. The van der Waals surface area contributed by atoms with Crippen molar-refractivity contribution in [2.45, 2.75) is 24.5 Å². The molecule has 0 amide bonds. The molecule has 3 aromatic rings. The number of aliphatic hydroxyl groups is 1. The van der Waals surface area contributed by atoms with Gasteiger partial charge in [-0.1, -0.05) is 30.3 Å². The van der Waals surface area contributed by atoms with Crippen LogP contribution in [-0.2, 0) is 22.2 Å². The van der Waals surface area contributed by atoms with Gasteiger partial charge in [0.2, 0.25) is 15.8 Å². The number of aromatic nitrogens is 1. The third-order valence-electron chi connectivity index (χ3n) is 5.87. The largest absolute Gasteiger partial charge is 0.497 e. The molecule has 0 bridgehead atoms. The van der Waals surface area contributed by atoms with Crippen molar-refractivity contribution in [1.82, 2.24) is 4.57 Å². The minimum atomic E-state index is -3.97. The number of benzene rings is 2. The zero-order valence-electron chi connectivity index (χ0n) is 17.1. The van der Waals surface area contributed by atoms with E-state index in [4.69, 9.17) is 9.88 Å². The Hall–Kier alpha value is -2.94. The number of carbonyl (C=O) groups excluding carboxylic acids is 1. The van der Waals surface area contributed by atoms with E-state index >= 15 is 0 Å². The van der Waals surface area contributed by atoms with Crippen LogP contribution < -0.4 is 9.88 Å². The Morgan fingerprint density at radius 2 is 1.81 bits per heavy atom. The standard InChI is InChI=1S/C23H24N2O5S/c1-30-18-9-7-16(8-10-18)22(26)21-12-11-20-19(13-14-25(20)21)23(27,15-31(24,28)29)17-5-3-2-4-6-17/h2-12,19,27H,13-15H2,1H3,(H2,24,28,29). The van der Waals surface area contributed by atoms with Gasteiger partial charge in [0, 0.05) is 23.7 Å². The predicted molar refractivity (Wildman–Crippen MR) is 117 cm³/mol. The van der Waals surface area contributed by atoms with E-state index in [1.54, 1.807) is 73.8 Å². The molecule has 0 radical (unpaired) electrons. The highest BCUT2D eigenvalue weighted by Gasteiger charge is 2.46. The van der Waals surface area contributed by atoms with Crippen LogP contribution in [0.4, 0.5) is 0 Å². The van der Waals surface area contributed by atoms with Crippen LogP contribution in [0.3, 0.4) is 0 Å². The van der Waals surface area contributed by atoms with Crippen molar-refractivity contribution in [1.29, 1.82) is 0 Å². The molecule has 8 heteroatoms. The van der Waals surface area contributed by atoms with Gasteiger partial charge < -0.3 is 14.4 Å². The third-order valence-corrected chi connectivity index (χ3v) is 6.71. The first-order valence-electron chi connectivity index (χ1n) is 9.89. The van der Waals surface area contributed by atoms with Gasteiger partial charge in [-0.15, -0.1) is 0 Å². The van der Waals surface area contributed by atoms with Crippen LogP contribution in [0, 0.1) is 0 Å². The molecular formula is C23H24N2O5S. The van der Waals surface area contributed by atoms with E-state index in [0.717, 1.165) is 0 Å². The molecule has 0 saturated heterocycles. The van der Waals surface area contributed by atoms with Crippen molar-refractivity contribution < 1.29 is 23.1 Å². The molecule has 2 atom stereocenters. The topological polar surface area (TPSA) is 112 Å². The SMILES string of the molecule is COc1ccc(C(=O)c2ccc3n2CCC3C(O)(CS(N)(=O)=O)c2ccccc2)cc1. The smallest absolute Gasteiger partial charge is 0.212 e. The second-order valence-corrected chi connectivity index (χ2v) is 9.41. The zero-order valence-corrected chi connectivity index (χ0v) is 17.9. The molecule has 1 aliphatic heterocycles. The van der Waals surface area contributed by atoms with Gasteiger partial charge in [0.05, 0.1) is 18.6 Å². The number of rotatable bonds is 7. The minimum Gasteiger partial charge on any atom is -0.497 e. The van der Waals surface area contributed by atoms with Crippen molar-refractivity contribution >= 4 is 15.8 Å². The lowest BCUT2D eigenvalue weighted by atomic mass is 9.80. The van der Waals surface area contributed by atoms with E-state index in [0.29, 0.717) is 41.2 Å². The van der Waals surface area contributed by atoms with Crippen LogP contribution in [0.25, 0.3) is 0 Å². The fourth-order valence-electron chi connectivity index (χ4n) is 4.43. The van der Waals surface area contributed by atoms with E-state index in [-0.39, 0.29) is 5.78 Å². The molecule has 1 aromatic heterocycles. The minimum absolute atomic E-state index is 0.149. The number of sulfonamides is 1. The molecule has 2 aromatic carbocycles. The monoisotopic (exact) mass is 440 g/mol. The van der Waals surface area contributed by atoms with Gasteiger partial charge in [-0.2, -0.15) is 0 Å². The summed E-state index contributed by atoms with van der Waals surface area (Å²) in [6, 6.07) is 19.0. The Balaban J connectivity index is 1.72. The number of ketones is 1. The molecule has 0 spiro atoms. The molecule has 7 nitrogen and oxygen atoms in total. The summed E-state index contributed by atoms with van der Waals surface area (Å²) >= 11 is 0. The Labute approximate surface area is 181 Å². The van der Waals surface area contributed by atoms with Gasteiger partial charge in [0.15, 0.2) is 0 Å². The van der Waals surface area contributed by atoms with Crippen molar-refractivity contribution in [3.8, 4) is 5.75 Å². The number of hydrogen-bond acceptors (Lipinski definition) is 5. The molecule has 2 heterocycles. The van der Waals surface area contributed by atoms with E-state index < -0.39 is 27.3 Å². The van der Waals surface area contributed by atoms with E-state index in [1.165, 1.54) is 0 Å². The number of methoxy groups -OCH3 is 1. The number of primary sulfonamides is 1. The maximum atomic E-state index is 13.1. The summed E-state index contributed by atoms with van der Waals surface area (Å²) in [5, 5.41) is 17.0. The molecular weight excluding hydrogens is 416 g/mol. The number of hydrogen-bond donors (Lipinski definition) is 2. The van der Waals surface area contributed by atoms with Gasteiger partial charge >= 0.3 is 0 Å². The number of fused-ring (bicyclic) bond motifs is 1. The summed E-state index contributed by atoms with van der Waals surface area (Å²) < 4.78 is 31.0. The average Bonchev–Trinajstić information content (AvgIpc) is 3.35. The van der Waals surface area contributed by atoms with Crippen LogP contribution in [0.5, 0.6) is 5.75 Å². The highest BCUT2D eigenvalue weighted by Crippen LogP contribution is 2.45. The average molecular weight is 441 g/mol. The first-order valence-corrected chi connectivity index (χ1v) is 11.6. The summed E-state index contributed by atoms with van der Waals surface area (Å²) in [5.74, 6) is -0.621. The van der Waals surface area contributed by atoms with E-state index in [9.17, 15) is 18.3 Å². The highest BCUT2D eigenvalue weighted by molar-refractivity contribution is 7.89. The van der Waals surface area contributed by atoms with Crippen LogP contribution in [0.1, 0.15) is 39.6 Å². The van der Waals surface area contributed by atoms with Crippen molar-refractivity contribution in [2.24, 2.45) is 5.14 Å². The van der Waals surface area contributed by atoms with Crippen molar-refractivity contribution in [3.63, 3.8) is 0 Å². The van der Waals surface area contributed by atoms with Gasteiger partial charge in [0.25, 0.3) is 0 Å². The van der Waals surface area contributed by atoms with Gasteiger partial charge in [0.1, 0.15) is 11.4 Å². The summed E-state index contributed by atoms with van der Waals surface area (Å²) in [7, 11) is -2.41. The van der Waals surface area contributed by atoms with Crippen LogP contribution >= 0.6 is 0 Å². The van der Waals surface area contributed by atoms with Crippen LogP contribution in [0.15, 0.2) is 66.7 Å². The Morgan fingerprint density at radius 1 is 1.13 bits per heavy atom. The molecule has 0 saturated carbocycles. The second-order valence-electron chi connectivity index (χ2n) is 7.79. The third kappa shape index (κ3) is 4.01. The molecule has 0 fully saturated rings. The number of nitrogens with two attached hydrogens (primary N) is 1. The number of ether oxygens (including phenoxy) is 1. The Kier molecular flexibility index (Phi) is 5.47. The predicted octanol–water partition coefficient (Wildman–Crippen LogP) is 2.39. The lowest BCUT2D eigenvalue weighted by Gasteiger charge is -2.33. The number of carbonyl (C=O) groups is 1. The second kappa shape index (κ2) is 7.96. The summed E-state index contributed by atoms with van der Waals surface area (Å²) in [4.78, 5) is 13.1. The van der Waals surface area contributed by atoms with Crippen LogP contribution in [0.2, 0.25) is 0 Å². The normalized spacial score (nSPS) is 17.7. The van der Waals surface area contributed by atoms with Gasteiger partial charge in [-0.05, 0) is 48.4 Å². The first-order chi connectivity index (χ1) is 14.7. The molecule has 31 heavy (non-hydrogen) atoms. The summed E-state index contributed by atoms with van der Waals surface area (Å²) in [5.41, 5.74) is 0.502. The van der Waals surface area contributed by atoms with Gasteiger partial charge in [-0.3, -0.25) is 4.79 Å². The Morgan fingerprint density at radius 3 is 2.42 bits per heavy atom. The molecule has 1 aliphatic rings. The van der Waals surface area contributed by atoms with E-state index in [2.05, 4.69) is 0 Å². The Bertz CT molecular complexity index is 1200. The molecule has 3 N–H and O–H groups in total. The lowest BCUT2D eigenvalue weighted by Crippen LogP contribution is -2.42. The zero-order chi connectivity index (χ0) is 22.2. The maximum Gasteiger partial charge on any atom is 0.212 e. The lowest BCUT2D eigenvalue weighted by molar-refractivity contribution is 0.0302. The fourth-order valence-corrected chi connectivity index (χ4v) is 5.42. The molecule has 162 valence electrons. The molecule has 2 unspecified atom stereocenters. The molecule has 4 rings (SSSR count). The highest BCUT2D eigenvalue weighted by atomic mass is 32.2.